The van der Waals surface area contributed by atoms with E-state index in [2.05, 4.69) is 30.6 Å². The van der Waals surface area contributed by atoms with Crippen LogP contribution in [0.15, 0.2) is 60.0 Å². The van der Waals surface area contributed by atoms with Gasteiger partial charge in [-0.15, -0.1) is 0 Å². The third-order valence-electron chi connectivity index (χ3n) is 7.40. The molecule has 0 aliphatic carbocycles. The lowest BCUT2D eigenvalue weighted by atomic mass is 9.97. The Morgan fingerprint density at radius 1 is 1.11 bits per heavy atom. The third-order valence-corrected chi connectivity index (χ3v) is 7.62. The van der Waals surface area contributed by atoms with E-state index < -0.39 is 30.7 Å². The molecule has 246 valence electrons. The average Bonchev–Trinajstić information content (AvgIpc) is 3.66. The van der Waals surface area contributed by atoms with Gasteiger partial charge in [0.15, 0.2) is 0 Å². The summed E-state index contributed by atoms with van der Waals surface area (Å²) in [5.41, 5.74) is 2.55. The Labute approximate surface area is 266 Å². The number of halogens is 6. The Kier molecular flexibility index (Phi) is 9.37. The van der Waals surface area contributed by atoms with E-state index in [4.69, 9.17) is 21.5 Å². The minimum atomic E-state index is -5.08. The number of fused-ring (bicyclic) bond motifs is 5. The summed E-state index contributed by atoms with van der Waals surface area (Å²) in [5, 5.41) is 21.9. The monoisotopic (exact) mass is 678 g/mol. The number of aromatic nitrogens is 7. The normalized spacial score (nSPS) is 16.8. The largest absolute Gasteiger partial charge is 0.490 e. The van der Waals surface area contributed by atoms with Crippen LogP contribution < -0.4 is 10.9 Å². The number of amides is 1. The molecule has 4 aromatic heterocycles. The van der Waals surface area contributed by atoms with E-state index >= 15 is 0 Å². The molecular formula is C29H24ClF5N8O4. The summed E-state index contributed by atoms with van der Waals surface area (Å²) in [6.45, 7) is -1.15. The number of H-pyrrole nitrogens is 1. The molecule has 0 unspecified atom stereocenters. The fraction of sp³-hybridized carbons (Fsp3) is 0.276. The van der Waals surface area contributed by atoms with Gasteiger partial charge in [0.1, 0.15) is 0 Å². The molecule has 1 aliphatic heterocycles. The maximum absolute atomic E-state index is 13.9. The molecule has 12 nitrogen and oxygen atoms in total. The smallest absolute Gasteiger partial charge is 0.475 e. The first-order valence-corrected chi connectivity index (χ1v) is 14.3. The van der Waals surface area contributed by atoms with Crippen molar-refractivity contribution in [1.29, 1.82) is 0 Å². The predicted molar refractivity (Wildman–Crippen MR) is 159 cm³/mol. The number of carboxylic acid groups (broad SMARTS) is 1. The van der Waals surface area contributed by atoms with Crippen LogP contribution >= 0.6 is 11.6 Å². The van der Waals surface area contributed by atoms with Gasteiger partial charge in [-0.25, -0.2) is 14.5 Å². The number of alkyl halides is 5. The number of nitrogens with zero attached hydrogens (tertiary/aromatic N) is 6. The highest BCUT2D eigenvalue weighted by atomic mass is 35.5. The number of carboxylic acids is 1. The molecule has 0 spiro atoms. The maximum atomic E-state index is 13.9. The second-order valence-electron chi connectivity index (χ2n) is 10.5. The van der Waals surface area contributed by atoms with Crippen LogP contribution in [0, 0.1) is 5.92 Å². The SMILES string of the molecule is C[C@@H]1CCC[C@H](n2cnc(-c3cc(Cl)cc4cn[nH]c34)cc2=O)c2cc(ccn2)-c2c(cnn2C(F)F)NC1=O.O=C(O)C(F)(F)F. The number of anilines is 1. The van der Waals surface area contributed by atoms with Gasteiger partial charge in [0.25, 0.3) is 5.56 Å². The highest BCUT2D eigenvalue weighted by Gasteiger charge is 2.38. The number of rotatable bonds is 3. The molecule has 0 saturated heterocycles. The number of hydrogen-bond donors (Lipinski definition) is 3. The summed E-state index contributed by atoms with van der Waals surface area (Å²) in [7, 11) is 0. The second kappa shape index (κ2) is 13.3. The van der Waals surface area contributed by atoms with Gasteiger partial charge >= 0.3 is 18.7 Å². The van der Waals surface area contributed by atoms with Crippen molar-refractivity contribution in [3.05, 3.63) is 76.3 Å². The summed E-state index contributed by atoms with van der Waals surface area (Å²) in [5.74, 6) is -3.45. The van der Waals surface area contributed by atoms with Crippen molar-refractivity contribution in [2.24, 2.45) is 5.92 Å². The van der Waals surface area contributed by atoms with Crippen LogP contribution in [0.3, 0.4) is 0 Å². The summed E-state index contributed by atoms with van der Waals surface area (Å²) in [4.78, 5) is 44.3. The van der Waals surface area contributed by atoms with Crippen molar-refractivity contribution in [1.82, 2.24) is 34.5 Å². The minimum absolute atomic E-state index is 0.0591. The molecule has 6 rings (SSSR count). The van der Waals surface area contributed by atoms with Gasteiger partial charge in [-0.3, -0.25) is 24.2 Å². The molecule has 5 heterocycles. The van der Waals surface area contributed by atoms with Crippen LogP contribution in [0.2, 0.25) is 5.02 Å². The summed E-state index contributed by atoms with van der Waals surface area (Å²) < 4.78 is 61.5. The van der Waals surface area contributed by atoms with Crippen molar-refractivity contribution >= 4 is 40.1 Å². The van der Waals surface area contributed by atoms with E-state index in [1.807, 2.05) is 0 Å². The molecule has 3 N–H and O–H groups in total. The first kappa shape index (κ1) is 33.2. The van der Waals surface area contributed by atoms with Crippen LogP contribution in [-0.2, 0) is 9.59 Å². The van der Waals surface area contributed by atoms with Gasteiger partial charge in [0, 0.05) is 39.7 Å². The molecule has 0 fully saturated rings. The van der Waals surface area contributed by atoms with E-state index in [0.29, 0.717) is 57.0 Å². The van der Waals surface area contributed by atoms with Gasteiger partial charge in [-0.1, -0.05) is 24.9 Å². The molecular weight excluding hydrogens is 655 g/mol. The van der Waals surface area contributed by atoms with E-state index in [9.17, 15) is 31.5 Å². The number of nitrogens with one attached hydrogen (secondary N) is 2. The van der Waals surface area contributed by atoms with Crippen LogP contribution in [-0.4, -0.2) is 57.7 Å². The number of carbonyl (C=O) groups excluding carboxylic acids is 1. The lowest BCUT2D eigenvalue weighted by molar-refractivity contribution is -0.192. The van der Waals surface area contributed by atoms with Crippen LogP contribution in [0.25, 0.3) is 33.4 Å². The highest BCUT2D eigenvalue weighted by molar-refractivity contribution is 6.31. The van der Waals surface area contributed by atoms with Crippen molar-refractivity contribution in [3.63, 3.8) is 0 Å². The third kappa shape index (κ3) is 7.14. The molecule has 18 heteroatoms. The standard InChI is InChI=1S/C27H23ClF2N8O2.C2HF3O2/c1-14-3-2-4-22(20-8-15(5-6-31-20)25-21(35-26(14)40)12-34-38(25)27(29)30)37-13-32-19(10-23(37)39)18-9-17(28)7-16-11-33-36-24(16)18;3-2(4,5)1(6)7/h5-14,22,27H,2-4H2,1H3,(H,33,36)(H,35,40);(H,6,7)/t14-,22+;/m1./s1. The molecule has 2 bridgehead atoms. The van der Waals surface area contributed by atoms with E-state index in [1.165, 1.54) is 29.4 Å². The molecule has 47 heavy (non-hydrogen) atoms. The van der Waals surface area contributed by atoms with Crippen LogP contribution in [0.5, 0.6) is 0 Å². The number of aromatic amines is 1. The van der Waals surface area contributed by atoms with Gasteiger partial charge < -0.3 is 10.4 Å². The molecule has 1 amide bonds. The van der Waals surface area contributed by atoms with Crippen molar-refractivity contribution in [3.8, 4) is 22.5 Å². The van der Waals surface area contributed by atoms with Gasteiger partial charge in [-0.2, -0.15) is 32.1 Å². The number of carbonyl (C=O) groups is 2. The van der Waals surface area contributed by atoms with Crippen molar-refractivity contribution in [2.75, 3.05) is 5.32 Å². The Morgan fingerprint density at radius 3 is 2.53 bits per heavy atom. The Morgan fingerprint density at radius 2 is 1.85 bits per heavy atom. The van der Waals surface area contributed by atoms with Crippen LogP contribution in [0.1, 0.15) is 44.5 Å². The predicted octanol–water partition coefficient (Wildman–Crippen LogP) is 6.07. The maximum Gasteiger partial charge on any atom is 0.490 e. The number of pyridine rings is 1. The Hall–Kier alpha value is -5.19. The first-order chi connectivity index (χ1) is 22.2. The molecule has 2 atom stereocenters. The number of aliphatic carboxylic acids is 1. The zero-order valence-corrected chi connectivity index (χ0v) is 24.9. The molecule has 0 radical (unpaired) electrons. The van der Waals surface area contributed by atoms with Gasteiger partial charge in [-0.05, 0) is 37.1 Å². The van der Waals surface area contributed by atoms with Crippen LogP contribution in [0.4, 0.5) is 27.6 Å². The minimum Gasteiger partial charge on any atom is -0.475 e. The van der Waals surface area contributed by atoms with E-state index in [1.54, 1.807) is 37.4 Å². The van der Waals surface area contributed by atoms with Crippen molar-refractivity contribution < 1.29 is 36.6 Å². The number of benzene rings is 1. The topological polar surface area (TPSA) is 161 Å². The summed E-state index contributed by atoms with van der Waals surface area (Å²) >= 11 is 6.29. The summed E-state index contributed by atoms with van der Waals surface area (Å²) in [6.07, 6.45) is 2.31. The molecule has 1 aromatic carbocycles. The van der Waals surface area contributed by atoms with Crippen molar-refractivity contribution in [2.45, 2.75) is 45.0 Å². The average molecular weight is 679 g/mol. The van der Waals surface area contributed by atoms with Gasteiger partial charge in [0.05, 0.1) is 53.0 Å². The lowest BCUT2D eigenvalue weighted by Gasteiger charge is -2.22. The quantitative estimate of drug-likeness (QED) is 0.194. The Balaban J connectivity index is 0.000000559. The van der Waals surface area contributed by atoms with Gasteiger partial charge in [0.2, 0.25) is 5.91 Å². The van der Waals surface area contributed by atoms with E-state index in [0.717, 1.165) is 5.39 Å². The zero-order chi connectivity index (χ0) is 34.0. The summed E-state index contributed by atoms with van der Waals surface area (Å²) in [6, 6.07) is 7.56. The second-order valence-corrected chi connectivity index (χ2v) is 11.0. The highest BCUT2D eigenvalue weighted by Crippen LogP contribution is 2.35. The fourth-order valence-electron chi connectivity index (χ4n) is 5.12. The number of hydrogen-bond acceptors (Lipinski definition) is 7. The molecule has 0 saturated carbocycles. The lowest BCUT2D eigenvalue weighted by Crippen LogP contribution is -2.27. The van der Waals surface area contributed by atoms with E-state index in [-0.39, 0.29) is 22.8 Å². The fourth-order valence-corrected chi connectivity index (χ4v) is 5.34. The first-order valence-electron chi connectivity index (χ1n) is 13.9. The molecule has 1 aliphatic rings. The molecule has 5 aromatic rings. The Bertz CT molecular complexity index is 2010. The zero-order valence-electron chi connectivity index (χ0n) is 24.2.